The summed E-state index contributed by atoms with van der Waals surface area (Å²) in [4.78, 5) is 19.1. The minimum Gasteiger partial charge on any atom is -0.474 e. The summed E-state index contributed by atoms with van der Waals surface area (Å²) in [7, 11) is 0.272. The van der Waals surface area contributed by atoms with Crippen molar-refractivity contribution in [1.82, 2.24) is 19.9 Å². The van der Waals surface area contributed by atoms with Crippen LogP contribution in [0.4, 0.5) is 17.3 Å². The number of rotatable bonds is 8. The first-order chi connectivity index (χ1) is 19.7. The Hall–Kier alpha value is -3.15. The molecule has 1 aliphatic carbocycles. The molecule has 3 aromatic rings. The first-order valence-electron chi connectivity index (χ1n) is 15.3. The number of fused-ring (bicyclic) bond motifs is 1. The van der Waals surface area contributed by atoms with E-state index in [0.717, 1.165) is 55.7 Å². The van der Waals surface area contributed by atoms with Gasteiger partial charge in [0, 0.05) is 55.4 Å². The minimum atomic E-state index is -1.91. The van der Waals surface area contributed by atoms with Gasteiger partial charge in [-0.3, -0.25) is 0 Å². The van der Waals surface area contributed by atoms with E-state index in [2.05, 4.69) is 104 Å². The van der Waals surface area contributed by atoms with Crippen LogP contribution in [0.1, 0.15) is 66.4 Å². The quantitative estimate of drug-likeness (QED) is 0.231. The number of hydrogen-bond acceptors (Lipinski definition) is 7. The molecular formula is C33H46N6OSi. The van der Waals surface area contributed by atoms with Crippen molar-refractivity contribution in [3.8, 4) is 17.3 Å². The third kappa shape index (κ3) is 6.36. The standard InChI is InChI=1S/C33H46N6OSi/c1-23(2)41(24(3)4,25(5)6)20-15-26-21-31(40-29-9-8-10-29)36-32-30(26)22-34-33(37-32)35-27-11-13-28(14-12-27)39-18-16-38(7)17-19-39/h11-14,21-25,29H,8-10,16-19H2,1-7H3,(H,34,35,36,37). The Kier molecular flexibility index (Phi) is 8.86. The number of ether oxygens (including phenoxy) is 1. The van der Waals surface area contributed by atoms with E-state index in [0.29, 0.717) is 34.1 Å². The smallest absolute Gasteiger partial charge is 0.229 e. The molecule has 0 unspecified atom stereocenters. The van der Waals surface area contributed by atoms with Crippen molar-refractivity contribution in [3.05, 3.63) is 42.1 Å². The zero-order valence-electron chi connectivity index (χ0n) is 25.9. The maximum absolute atomic E-state index is 6.25. The van der Waals surface area contributed by atoms with Gasteiger partial charge in [0.25, 0.3) is 0 Å². The van der Waals surface area contributed by atoms with Gasteiger partial charge in [-0.25, -0.2) is 4.98 Å². The van der Waals surface area contributed by atoms with Crippen molar-refractivity contribution in [2.24, 2.45) is 0 Å². The van der Waals surface area contributed by atoms with Gasteiger partial charge >= 0.3 is 0 Å². The summed E-state index contributed by atoms with van der Waals surface area (Å²) in [5.41, 5.74) is 9.26. The van der Waals surface area contributed by atoms with Crippen LogP contribution in [0, 0.1) is 11.5 Å². The van der Waals surface area contributed by atoms with Crippen molar-refractivity contribution in [2.45, 2.75) is 83.5 Å². The van der Waals surface area contributed by atoms with Gasteiger partial charge < -0.3 is 19.9 Å². The normalized spacial score (nSPS) is 16.7. The van der Waals surface area contributed by atoms with E-state index in [1.807, 2.05) is 12.3 Å². The number of aromatic nitrogens is 3. The Labute approximate surface area is 247 Å². The van der Waals surface area contributed by atoms with Crippen LogP contribution in [0.15, 0.2) is 36.5 Å². The lowest BCUT2D eigenvalue weighted by atomic mass is 9.96. The topological polar surface area (TPSA) is 66.4 Å². The number of anilines is 3. The molecule has 1 saturated carbocycles. The van der Waals surface area contributed by atoms with E-state index in [1.165, 1.54) is 12.1 Å². The molecule has 2 fully saturated rings. The molecule has 41 heavy (non-hydrogen) atoms. The Morgan fingerprint density at radius 2 is 1.59 bits per heavy atom. The summed E-state index contributed by atoms with van der Waals surface area (Å²) in [5.74, 6) is 4.75. The molecule has 7 nitrogen and oxygen atoms in total. The van der Waals surface area contributed by atoms with Crippen LogP contribution >= 0.6 is 0 Å². The molecule has 0 atom stereocenters. The second-order valence-corrected chi connectivity index (χ2v) is 18.3. The predicted molar refractivity (Wildman–Crippen MR) is 173 cm³/mol. The third-order valence-electron chi connectivity index (χ3n) is 9.15. The lowest BCUT2D eigenvalue weighted by Gasteiger charge is -2.38. The number of nitrogens with zero attached hydrogens (tertiary/aromatic N) is 5. The molecule has 0 bridgehead atoms. The molecular weight excluding hydrogens is 524 g/mol. The predicted octanol–water partition coefficient (Wildman–Crippen LogP) is 7.02. The van der Waals surface area contributed by atoms with Gasteiger partial charge in [-0.05, 0) is 67.2 Å². The number of pyridine rings is 1. The SMILES string of the molecule is CC(C)[Si](C#Cc1cc(OC2CCC2)nc2nc(Nc3ccc(N4CCN(C)CC4)cc3)ncc12)(C(C)C)C(C)C. The molecule has 3 heterocycles. The van der Waals surface area contributed by atoms with Crippen LogP contribution in [-0.2, 0) is 0 Å². The van der Waals surface area contributed by atoms with Gasteiger partial charge in [0.05, 0.1) is 5.39 Å². The van der Waals surface area contributed by atoms with Gasteiger partial charge in [-0.15, -0.1) is 5.54 Å². The first kappa shape index (κ1) is 29.3. The first-order valence-corrected chi connectivity index (χ1v) is 17.6. The van der Waals surface area contributed by atoms with Gasteiger partial charge in [-0.2, -0.15) is 9.97 Å². The largest absolute Gasteiger partial charge is 0.474 e. The van der Waals surface area contributed by atoms with Crippen molar-refractivity contribution in [3.63, 3.8) is 0 Å². The molecule has 0 spiro atoms. The van der Waals surface area contributed by atoms with Crippen molar-refractivity contribution in [2.75, 3.05) is 43.4 Å². The molecule has 1 aromatic carbocycles. The highest BCUT2D eigenvalue weighted by atomic mass is 28.3. The molecule has 1 saturated heterocycles. The lowest BCUT2D eigenvalue weighted by molar-refractivity contribution is 0.115. The molecule has 5 rings (SSSR count). The maximum atomic E-state index is 6.25. The van der Waals surface area contributed by atoms with Gasteiger partial charge in [0.2, 0.25) is 11.8 Å². The summed E-state index contributed by atoms with van der Waals surface area (Å²) in [5, 5.41) is 4.25. The molecule has 1 aliphatic heterocycles. The number of piperazine rings is 1. The fraction of sp³-hybridized carbons (Fsp3) is 0.545. The molecule has 2 aromatic heterocycles. The van der Waals surface area contributed by atoms with E-state index >= 15 is 0 Å². The van der Waals surface area contributed by atoms with Crippen molar-refractivity contribution < 1.29 is 4.74 Å². The summed E-state index contributed by atoms with van der Waals surface area (Å²) in [6.45, 7) is 18.3. The number of likely N-dealkylation sites (N-methyl/N-ethyl adjacent to an activating group) is 1. The molecule has 8 heteroatoms. The summed E-state index contributed by atoms with van der Waals surface area (Å²) in [6.07, 6.45) is 5.45. The zero-order chi connectivity index (χ0) is 29.1. The monoisotopic (exact) mass is 570 g/mol. The lowest BCUT2D eigenvalue weighted by Crippen LogP contribution is -2.44. The second kappa shape index (κ2) is 12.4. The molecule has 1 N–H and O–H groups in total. The van der Waals surface area contributed by atoms with Crippen LogP contribution in [0.3, 0.4) is 0 Å². The van der Waals surface area contributed by atoms with Crippen LogP contribution in [0.2, 0.25) is 16.6 Å². The number of hydrogen-bond donors (Lipinski definition) is 1. The van der Waals surface area contributed by atoms with Crippen molar-refractivity contribution >= 4 is 36.4 Å². The molecule has 2 aliphatic rings. The highest BCUT2D eigenvalue weighted by Crippen LogP contribution is 2.41. The molecule has 0 radical (unpaired) electrons. The molecule has 0 amide bonds. The maximum Gasteiger partial charge on any atom is 0.229 e. The highest BCUT2D eigenvalue weighted by Gasteiger charge is 2.41. The Balaban J connectivity index is 1.45. The van der Waals surface area contributed by atoms with Crippen LogP contribution in [0.5, 0.6) is 5.88 Å². The van der Waals surface area contributed by atoms with E-state index in [9.17, 15) is 0 Å². The van der Waals surface area contributed by atoms with Gasteiger partial charge in [0.1, 0.15) is 14.2 Å². The second-order valence-electron chi connectivity index (χ2n) is 12.7. The minimum absolute atomic E-state index is 0.231. The van der Waals surface area contributed by atoms with E-state index in [-0.39, 0.29) is 6.10 Å². The van der Waals surface area contributed by atoms with Gasteiger partial charge in [-0.1, -0.05) is 47.5 Å². The molecule has 218 valence electrons. The summed E-state index contributed by atoms with van der Waals surface area (Å²) in [6, 6.07) is 10.5. The zero-order valence-corrected chi connectivity index (χ0v) is 26.9. The third-order valence-corrected chi connectivity index (χ3v) is 15.4. The van der Waals surface area contributed by atoms with E-state index in [4.69, 9.17) is 14.7 Å². The van der Waals surface area contributed by atoms with Crippen LogP contribution in [-0.4, -0.2) is 67.3 Å². The Morgan fingerprint density at radius 3 is 2.17 bits per heavy atom. The number of benzene rings is 1. The average Bonchev–Trinajstić information content (AvgIpc) is 2.91. The average molecular weight is 571 g/mol. The fourth-order valence-corrected chi connectivity index (χ4v) is 11.6. The van der Waals surface area contributed by atoms with Crippen LogP contribution in [0.25, 0.3) is 11.0 Å². The fourth-order valence-electron chi connectivity index (χ4n) is 6.43. The van der Waals surface area contributed by atoms with E-state index < -0.39 is 8.07 Å². The van der Waals surface area contributed by atoms with E-state index in [1.54, 1.807) is 0 Å². The summed E-state index contributed by atoms with van der Waals surface area (Å²) < 4.78 is 6.25. The Bertz CT molecular complexity index is 1380. The van der Waals surface area contributed by atoms with Gasteiger partial charge in [0.15, 0.2) is 5.65 Å². The Morgan fingerprint density at radius 1 is 0.927 bits per heavy atom. The highest BCUT2D eigenvalue weighted by molar-refractivity contribution is 6.90. The van der Waals surface area contributed by atoms with Crippen molar-refractivity contribution in [1.29, 1.82) is 0 Å². The van der Waals surface area contributed by atoms with Crippen LogP contribution < -0.4 is 15.0 Å². The summed E-state index contributed by atoms with van der Waals surface area (Å²) >= 11 is 0. The number of nitrogens with one attached hydrogen (secondary N) is 1.